The number of ether oxygens (including phenoxy) is 1. The molecule has 31 heavy (non-hydrogen) atoms. The molecule has 0 saturated carbocycles. The number of benzene rings is 2. The monoisotopic (exact) mass is 424 g/mol. The van der Waals surface area contributed by atoms with Crippen molar-refractivity contribution in [3.8, 4) is 5.75 Å². The van der Waals surface area contributed by atoms with E-state index < -0.39 is 0 Å². The summed E-state index contributed by atoms with van der Waals surface area (Å²) in [5.74, 6) is 0.541. The van der Waals surface area contributed by atoms with Crippen LogP contribution in [0.25, 0.3) is 0 Å². The van der Waals surface area contributed by atoms with Gasteiger partial charge < -0.3 is 25.6 Å². The van der Waals surface area contributed by atoms with Crippen molar-refractivity contribution < 1.29 is 14.3 Å². The van der Waals surface area contributed by atoms with Gasteiger partial charge in [-0.2, -0.15) is 0 Å². The molecule has 1 saturated heterocycles. The number of carbonyl (C=O) groups is 2. The van der Waals surface area contributed by atoms with Crippen LogP contribution in [0.4, 0.5) is 21.9 Å². The van der Waals surface area contributed by atoms with E-state index in [9.17, 15) is 9.59 Å². The van der Waals surface area contributed by atoms with E-state index in [4.69, 9.17) is 4.74 Å². The summed E-state index contributed by atoms with van der Waals surface area (Å²) in [6.07, 6.45) is 4.31. The molecule has 0 bridgehead atoms. The van der Waals surface area contributed by atoms with Crippen molar-refractivity contribution in [2.24, 2.45) is 0 Å². The Morgan fingerprint density at radius 3 is 2.42 bits per heavy atom. The van der Waals surface area contributed by atoms with Crippen LogP contribution in [0.3, 0.4) is 0 Å². The van der Waals surface area contributed by atoms with Crippen molar-refractivity contribution >= 4 is 29.0 Å². The minimum atomic E-state index is -0.382. The Kier molecular flexibility index (Phi) is 7.76. The minimum absolute atomic E-state index is 0.0784. The average molecular weight is 425 g/mol. The summed E-state index contributed by atoms with van der Waals surface area (Å²) in [7, 11) is 1.58. The van der Waals surface area contributed by atoms with Gasteiger partial charge in [0.15, 0.2) is 0 Å². The van der Waals surface area contributed by atoms with Gasteiger partial charge in [-0.1, -0.05) is 13.0 Å². The number of rotatable bonds is 7. The van der Waals surface area contributed by atoms with Crippen LogP contribution >= 0.6 is 0 Å². The van der Waals surface area contributed by atoms with Gasteiger partial charge in [0.2, 0.25) is 0 Å². The lowest BCUT2D eigenvalue weighted by Gasteiger charge is -2.31. The van der Waals surface area contributed by atoms with E-state index in [0.29, 0.717) is 22.7 Å². The van der Waals surface area contributed by atoms with Crippen molar-refractivity contribution in [3.05, 3.63) is 48.0 Å². The largest absolute Gasteiger partial charge is 0.497 e. The zero-order valence-corrected chi connectivity index (χ0v) is 18.5. The van der Waals surface area contributed by atoms with E-state index in [1.165, 1.54) is 6.42 Å². The van der Waals surface area contributed by atoms with Crippen LogP contribution in [0.5, 0.6) is 5.75 Å². The van der Waals surface area contributed by atoms with Crippen molar-refractivity contribution in [3.63, 3.8) is 0 Å². The Hall–Kier alpha value is -3.22. The minimum Gasteiger partial charge on any atom is -0.497 e. The number of amides is 3. The molecular weight excluding hydrogens is 392 g/mol. The maximum absolute atomic E-state index is 13.0. The highest BCUT2D eigenvalue weighted by atomic mass is 16.5. The molecule has 0 spiro atoms. The lowest BCUT2D eigenvalue weighted by molar-refractivity contribution is 0.0939. The van der Waals surface area contributed by atoms with Gasteiger partial charge in [0, 0.05) is 42.3 Å². The number of urea groups is 1. The second-order valence-corrected chi connectivity index (χ2v) is 7.87. The fourth-order valence-electron chi connectivity index (χ4n) is 3.60. The van der Waals surface area contributed by atoms with Crippen LogP contribution in [0.1, 0.15) is 49.9 Å². The second-order valence-electron chi connectivity index (χ2n) is 7.87. The Labute approximate surface area is 184 Å². The van der Waals surface area contributed by atoms with Crippen LogP contribution < -0.4 is 25.6 Å². The van der Waals surface area contributed by atoms with Crippen LogP contribution in [-0.2, 0) is 0 Å². The molecule has 7 nitrogen and oxygen atoms in total. The normalized spacial score (nSPS) is 14.5. The van der Waals surface area contributed by atoms with E-state index in [2.05, 4.69) is 20.9 Å². The smallest absolute Gasteiger partial charge is 0.323 e. The first-order valence-corrected chi connectivity index (χ1v) is 10.9. The maximum Gasteiger partial charge on any atom is 0.323 e. The Morgan fingerprint density at radius 2 is 1.74 bits per heavy atom. The first kappa shape index (κ1) is 22.5. The fourth-order valence-corrected chi connectivity index (χ4v) is 3.60. The topological polar surface area (TPSA) is 82.7 Å². The summed E-state index contributed by atoms with van der Waals surface area (Å²) in [6, 6.07) is 12.4. The van der Waals surface area contributed by atoms with E-state index >= 15 is 0 Å². The van der Waals surface area contributed by atoms with E-state index in [0.717, 1.165) is 38.0 Å². The molecule has 3 N–H and O–H groups in total. The molecule has 0 aliphatic carbocycles. The lowest BCUT2D eigenvalue weighted by atomic mass is 10.1. The summed E-state index contributed by atoms with van der Waals surface area (Å²) < 4.78 is 5.19. The number of anilines is 3. The summed E-state index contributed by atoms with van der Waals surface area (Å²) in [4.78, 5) is 27.8. The number of hydrogen-bond acceptors (Lipinski definition) is 4. The number of methoxy groups -OCH3 is 1. The predicted octanol–water partition coefficient (Wildman–Crippen LogP) is 4.86. The van der Waals surface area contributed by atoms with Crippen LogP contribution in [0.2, 0.25) is 0 Å². The van der Waals surface area contributed by atoms with Crippen molar-refractivity contribution in [1.82, 2.24) is 5.32 Å². The fraction of sp³-hybridized carbons (Fsp3) is 0.417. The predicted molar refractivity (Wildman–Crippen MR) is 125 cm³/mol. The molecule has 1 atom stereocenters. The highest BCUT2D eigenvalue weighted by molar-refractivity contribution is 6.04. The van der Waals surface area contributed by atoms with Gasteiger partial charge in [-0.05, 0) is 62.9 Å². The van der Waals surface area contributed by atoms with Crippen molar-refractivity contribution in [2.45, 2.75) is 45.6 Å². The number of nitrogens with one attached hydrogen (secondary N) is 3. The van der Waals surface area contributed by atoms with Gasteiger partial charge in [0.25, 0.3) is 5.91 Å². The molecule has 2 aromatic carbocycles. The van der Waals surface area contributed by atoms with Crippen molar-refractivity contribution in [2.75, 3.05) is 35.7 Å². The quantitative estimate of drug-likeness (QED) is 0.593. The average Bonchev–Trinajstić information content (AvgIpc) is 2.79. The highest BCUT2D eigenvalue weighted by Crippen LogP contribution is 2.28. The molecule has 3 rings (SSSR count). The molecule has 2 aromatic rings. The Morgan fingerprint density at radius 1 is 1.03 bits per heavy atom. The van der Waals surface area contributed by atoms with E-state index in [1.54, 1.807) is 31.4 Å². The summed E-state index contributed by atoms with van der Waals surface area (Å²) in [6.45, 7) is 5.90. The third kappa shape index (κ3) is 6.13. The van der Waals surface area contributed by atoms with Gasteiger partial charge in [-0.15, -0.1) is 0 Å². The molecule has 1 aliphatic rings. The Bertz CT molecular complexity index is 909. The number of carbonyl (C=O) groups excluding carboxylic acids is 2. The molecule has 1 fully saturated rings. The van der Waals surface area contributed by atoms with Gasteiger partial charge in [0.05, 0.1) is 12.7 Å². The number of hydrogen-bond donors (Lipinski definition) is 3. The van der Waals surface area contributed by atoms with Gasteiger partial charge >= 0.3 is 6.03 Å². The van der Waals surface area contributed by atoms with Crippen LogP contribution in [0.15, 0.2) is 42.5 Å². The van der Waals surface area contributed by atoms with Gasteiger partial charge in [-0.25, -0.2) is 4.79 Å². The first-order chi connectivity index (χ1) is 15.0. The molecular formula is C24H32N4O3. The number of piperidine rings is 1. The summed E-state index contributed by atoms with van der Waals surface area (Å²) >= 11 is 0. The molecule has 0 aromatic heterocycles. The van der Waals surface area contributed by atoms with Gasteiger partial charge in [0.1, 0.15) is 5.75 Å². The molecule has 166 valence electrons. The van der Waals surface area contributed by atoms with Crippen LogP contribution in [0, 0.1) is 0 Å². The molecule has 3 amide bonds. The lowest BCUT2D eigenvalue weighted by Crippen LogP contribution is -2.35. The third-order valence-electron chi connectivity index (χ3n) is 5.51. The van der Waals surface area contributed by atoms with Crippen LogP contribution in [-0.4, -0.2) is 38.2 Å². The molecule has 1 aliphatic heterocycles. The molecule has 1 heterocycles. The third-order valence-corrected chi connectivity index (χ3v) is 5.51. The molecule has 0 radical (unpaired) electrons. The summed E-state index contributed by atoms with van der Waals surface area (Å²) in [5.41, 5.74) is 2.69. The molecule has 0 unspecified atom stereocenters. The SMILES string of the molecule is CC[C@@H](C)NC(=O)c1cc(NC(=O)Nc2cccc(OC)c2)ccc1N1CCCCC1. The molecule has 7 heteroatoms. The van der Waals surface area contributed by atoms with Crippen molar-refractivity contribution in [1.29, 1.82) is 0 Å². The number of nitrogens with zero attached hydrogens (tertiary/aromatic N) is 1. The first-order valence-electron chi connectivity index (χ1n) is 10.9. The highest BCUT2D eigenvalue weighted by Gasteiger charge is 2.20. The zero-order chi connectivity index (χ0) is 22.2. The van der Waals surface area contributed by atoms with Gasteiger partial charge in [-0.3, -0.25) is 4.79 Å². The van der Waals surface area contributed by atoms with E-state index in [-0.39, 0.29) is 18.0 Å². The maximum atomic E-state index is 13.0. The van der Waals surface area contributed by atoms with E-state index in [1.807, 2.05) is 32.0 Å². The summed E-state index contributed by atoms with van der Waals surface area (Å²) in [5, 5.41) is 8.67. The second kappa shape index (κ2) is 10.7. The zero-order valence-electron chi connectivity index (χ0n) is 18.5. The standard InChI is InChI=1S/C24H32N4O3/c1-4-17(2)25-23(29)21-16-19(11-12-22(21)28-13-6-5-7-14-28)27-24(30)26-18-9-8-10-20(15-18)31-3/h8-12,15-17H,4-7,13-14H2,1-3H3,(H,25,29)(H2,26,27,30)/t17-/m1/s1. The Balaban J connectivity index is 1.79.